The summed E-state index contributed by atoms with van der Waals surface area (Å²) in [7, 11) is -12.2. The van der Waals surface area contributed by atoms with Crippen molar-refractivity contribution in [2.75, 3.05) is 99.9 Å². The largest absolute Gasteiger partial charge is 2.00 e. The number of aliphatic imine (C=N–C) groups is 4. The van der Waals surface area contributed by atoms with Gasteiger partial charge < -0.3 is 75.1 Å². The van der Waals surface area contributed by atoms with Gasteiger partial charge in [-0.25, -0.2) is 47.8 Å². The van der Waals surface area contributed by atoms with E-state index in [1.807, 2.05) is 14.7 Å². The molecule has 3 aliphatic rings. The van der Waals surface area contributed by atoms with Gasteiger partial charge in [-0.3, -0.25) is 0 Å². The summed E-state index contributed by atoms with van der Waals surface area (Å²) in [6, 6.07) is 16.1. The maximum atomic E-state index is 13.9. The summed E-state index contributed by atoms with van der Waals surface area (Å²) in [5, 5.41) is 38.5. The van der Waals surface area contributed by atoms with Crippen LogP contribution in [0.15, 0.2) is 112 Å². The molecule has 0 saturated carbocycles. The van der Waals surface area contributed by atoms with Crippen LogP contribution in [0.5, 0.6) is 0 Å². The molecule has 2 aromatic heterocycles. The zero-order valence-corrected chi connectivity index (χ0v) is 51.1. The molecule has 82 heavy (non-hydrogen) atoms. The van der Waals surface area contributed by atoms with Gasteiger partial charge in [0, 0.05) is 50.9 Å². The van der Waals surface area contributed by atoms with E-state index >= 15 is 0 Å². The maximum absolute atomic E-state index is 13.9. The molecule has 0 fully saturated rings. The Kier molecular flexibility index (Phi) is 21.3. The predicted molar refractivity (Wildman–Crippen MR) is 300 cm³/mol. The number of fused-ring (bicyclic) bond motifs is 18. The van der Waals surface area contributed by atoms with Crippen LogP contribution in [0, 0.1) is 0 Å². The fourth-order valence-corrected chi connectivity index (χ4v) is 12.8. The zero-order valence-electron chi connectivity index (χ0n) is 44.9. The van der Waals surface area contributed by atoms with Gasteiger partial charge in [0.25, 0.3) is 0 Å². The number of sulfonamides is 3. The quantitative estimate of drug-likeness (QED) is 0.0227. The van der Waals surface area contributed by atoms with Crippen LogP contribution in [-0.2, 0) is 57.3 Å². The summed E-state index contributed by atoms with van der Waals surface area (Å²) in [6.07, 6.45) is 1.28. The Morgan fingerprint density at radius 3 is 1.20 bits per heavy atom. The van der Waals surface area contributed by atoms with Gasteiger partial charge in [-0.05, 0) is 164 Å². The van der Waals surface area contributed by atoms with Gasteiger partial charge in [0.05, 0.1) is 39.4 Å². The van der Waals surface area contributed by atoms with Crippen LogP contribution in [0.4, 0.5) is 23.3 Å². The van der Waals surface area contributed by atoms with Gasteiger partial charge in [0.2, 0.25) is 30.1 Å². The number of aromatic nitrogens is 2. The minimum Gasteiger partial charge on any atom is -0.744 e. The molecule has 0 atom stereocenters. The molecule has 32 heteroatoms. The number of nitrogens with zero attached hydrogens (tertiary/aromatic N) is 11. The zero-order chi connectivity index (χ0) is 57.1. The van der Waals surface area contributed by atoms with E-state index in [-0.39, 0.29) is 180 Å². The first kappa shape index (κ1) is 64.7. The molecule has 8 bridgehead atoms. The van der Waals surface area contributed by atoms with Crippen molar-refractivity contribution in [3.63, 3.8) is 0 Å². The SMILES string of the molecule is CN(CCO)CCCNS(=O)(=O)c1ccc2c(c1)C1=NC2=Nc2[n-]c(c3ccc(S(=O)(=O)NCCCN(C)CCO)cc23)[N-]c2[n-]c(c3cc(S(=O)(=O)NCCCN(C)CCO)ccc23)N=C2N=C([N-]1)c1cc(S(=O)(=O)[O-])ccc12.[Cu+2].[Na+]. The van der Waals surface area contributed by atoms with Crippen molar-refractivity contribution in [3.05, 3.63) is 106 Å². The number of aliphatic hydroxyl groups excluding tert-OH is 3. The third-order valence-electron chi connectivity index (χ3n) is 13.3. The minimum atomic E-state index is -5.06. The molecule has 4 aromatic carbocycles. The Balaban J connectivity index is 0.00000484. The van der Waals surface area contributed by atoms with Crippen LogP contribution in [-0.4, -0.2) is 191 Å². The van der Waals surface area contributed by atoms with Crippen LogP contribution in [0.1, 0.15) is 41.5 Å². The fourth-order valence-electron chi connectivity index (χ4n) is 9.00. The molecule has 437 valence electrons. The molecular formula is C50H57CuN14NaO12S4-2. The van der Waals surface area contributed by atoms with Crippen molar-refractivity contribution in [3.8, 4) is 0 Å². The number of rotatable bonds is 25. The predicted octanol–water partition coefficient (Wildman–Crippen LogP) is -1.01. The number of likely N-dealkylation sites (N-methyl/N-ethyl adjacent to an activating group) is 3. The molecule has 26 nitrogen and oxygen atoms in total. The molecule has 0 saturated heterocycles. The van der Waals surface area contributed by atoms with E-state index in [2.05, 4.69) is 14.2 Å². The van der Waals surface area contributed by atoms with E-state index in [9.17, 15) is 53.5 Å². The number of hydrogen-bond donors (Lipinski definition) is 6. The Morgan fingerprint density at radius 2 is 0.817 bits per heavy atom. The van der Waals surface area contributed by atoms with Gasteiger partial charge in [-0.1, -0.05) is 24.3 Å². The maximum Gasteiger partial charge on any atom is 2.00 e. The van der Waals surface area contributed by atoms with Crippen LogP contribution >= 0.6 is 0 Å². The molecule has 9 rings (SSSR count). The van der Waals surface area contributed by atoms with Crippen molar-refractivity contribution in [1.82, 2.24) is 38.8 Å². The average molecular weight is 1260 g/mol. The van der Waals surface area contributed by atoms with Crippen molar-refractivity contribution >= 4 is 108 Å². The van der Waals surface area contributed by atoms with Crippen LogP contribution in [0.25, 0.3) is 32.2 Å². The second-order valence-corrected chi connectivity index (χ2v) is 25.8. The number of amidine groups is 4. The molecule has 0 unspecified atom stereocenters. The van der Waals surface area contributed by atoms with E-state index < -0.39 is 45.1 Å². The van der Waals surface area contributed by atoms with Crippen LogP contribution < -0.4 is 53.7 Å². The summed E-state index contributed by atoms with van der Waals surface area (Å²) >= 11 is 0. The third kappa shape index (κ3) is 14.6. The van der Waals surface area contributed by atoms with Gasteiger partial charge in [0.1, 0.15) is 10.1 Å². The van der Waals surface area contributed by atoms with Crippen molar-refractivity contribution in [1.29, 1.82) is 0 Å². The summed E-state index contributed by atoms with van der Waals surface area (Å²) < 4.78 is 128. The van der Waals surface area contributed by atoms with E-state index in [0.717, 1.165) is 12.1 Å². The first-order valence-electron chi connectivity index (χ1n) is 25.2. The molecule has 0 aliphatic carbocycles. The fraction of sp³-hybridized carbons (Fsp3) is 0.360. The second kappa shape index (κ2) is 27.0. The van der Waals surface area contributed by atoms with Crippen LogP contribution in [0.3, 0.4) is 0 Å². The van der Waals surface area contributed by atoms with E-state index in [4.69, 9.17) is 40.6 Å². The van der Waals surface area contributed by atoms with Gasteiger partial charge in [0.15, 0.2) is 0 Å². The van der Waals surface area contributed by atoms with Crippen molar-refractivity contribution < 1.29 is 100 Å². The Labute approximate surface area is 507 Å². The summed E-state index contributed by atoms with van der Waals surface area (Å²) in [6.45, 7) is 2.76. The molecule has 6 aromatic rings. The molecule has 5 heterocycles. The minimum absolute atomic E-state index is 0. The third-order valence-corrected chi connectivity index (χ3v) is 18.5. The number of nitrogens with one attached hydrogen (secondary N) is 3. The van der Waals surface area contributed by atoms with Gasteiger partial charge >= 0.3 is 46.6 Å². The number of hydrogen-bond acceptors (Lipinski definition) is 19. The normalized spacial score (nSPS) is 14.2. The Morgan fingerprint density at radius 1 is 0.463 bits per heavy atom. The Hall–Kier alpha value is -4.84. The first-order chi connectivity index (χ1) is 38.1. The van der Waals surface area contributed by atoms with E-state index in [0.29, 0.717) is 69.3 Å². The summed E-state index contributed by atoms with van der Waals surface area (Å²) in [5.74, 6) is -0.666. The van der Waals surface area contributed by atoms with E-state index in [1.54, 1.807) is 21.1 Å². The molecule has 0 spiro atoms. The summed E-state index contributed by atoms with van der Waals surface area (Å²) in [4.78, 5) is 33.2. The molecule has 6 N–H and O–H groups in total. The Bertz CT molecular complexity index is 3970. The molecular weight excluding hydrogens is 1200 g/mol. The molecule has 3 aliphatic heterocycles. The molecule has 0 amide bonds. The monoisotopic (exact) mass is 1260 g/mol. The van der Waals surface area contributed by atoms with Gasteiger partial charge in [-0.2, -0.15) is 0 Å². The van der Waals surface area contributed by atoms with Crippen molar-refractivity contribution in [2.24, 2.45) is 20.0 Å². The van der Waals surface area contributed by atoms with Crippen molar-refractivity contribution in [2.45, 2.75) is 38.8 Å². The van der Waals surface area contributed by atoms with Crippen LogP contribution in [0.2, 0.25) is 0 Å². The van der Waals surface area contributed by atoms with Gasteiger partial charge in [-0.15, -0.1) is 23.3 Å². The average Bonchev–Trinajstić information content (AvgIpc) is 4.15. The summed E-state index contributed by atoms with van der Waals surface area (Å²) in [5.41, 5.74) is 0.592. The topological polar surface area (TPSA) is 372 Å². The molecule has 1 radical (unpaired) electrons. The standard InChI is InChI=1S/C50H58N14O12S4.Cu.Na/c1-62(21-24-65)18-4-15-51-77(68,69)31-7-11-35-39(27-31)47-55-43(35)54-44-36-12-8-32(78(70,71)52-16-5-19-63(2)22-25-66)28-40(36)48(56-44)58-46-38-14-10-34(80(74,75)76)30-42(38)50(60-46)61-49-41-29-33(9-13-37(41)45(57-47)59-49)79(72,73)53-17-6-20-64(3)23-26-67;;/h7-14,27-30,51-53,65-67H,4-6,15-26H2,1-3H3,(H-,57,58,59,60,61,74,75,76);;/q-4;+2;+1/p-1. The number of benzene rings is 4. The number of aliphatic hydroxyl groups is 3. The van der Waals surface area contributed by atoms with E-state index in [1.165, 1.54) is 60.7 Å². The first-order valence-corrected chi connectivity index (χ1v) is 31.1. The smallest absolute Gasteiger partial charge is 0.744 e. The second-order valence-electron chi connectivity index (χ2n) is 19.1.